The van der Waals surface area contributed by atoms with Crippen LogP contribution in [0.4, 0.5) is 5.82 Å². The van der Waals surface area contributed by atoms with Crippen LogP contribution in [-0.2, 0) is 0 Å². The molecule has 0 spiro atoms. The number of aryl methyl sites for hydroxylation is 1. The Labute approximate surface area is 191 Å². The maximum atomic E-state index is 13.6. The molecule has 0 radical (unpaired) electrons. The first-order valence-electron chi connectivity index (χ1n) is 11.7. The van der Waals surface area contributed by atoms with Crippen LogP contribution in [0.25, 0.3) is 11.3 Å². The van der Waals surface area contributed by atoms with Crippen LogP contribution in [0, 0.1) is 12.8 Å². The summed E-state index contributed by atoms with van der Waals surface area (Å²) in [6, 6.07) is 7.32. The molecule has 170 valence electrons. The molecule has 0 aliphatic carbocycles. The van der Waals surface area contributed by atoms with Crippen LogP contribution in [0.2, 0.25) is 0 Å². The fourth-order valence-electron chi connectivity index (χ4n) is 5.19. The van der Waals surface area contributed by atoms with Gasteiger partial charge in [-0.15, -0.1) is 5.10 Å². The van der Waals surface area contributed by atoms with E-state index < -0.39 is 0 Å². The number of piperidine rings is 1. The second-order valence-corrected chi connectivity index (χ2v) is 9.33. The highest BCUT2D eigenvalue weighted by Gasteiger charge is 2.32. The molecule has 0 bridgehead atoms. The smallest absolute Gasteiger partial charge is 0.273 e. The normalized spacial score (nSPS) is 21.4. The Morgan fingerprint density at radius 1 is 1.12 bits per heavy atom. The van der Waals surface area contributed by atoms with Gasteiger partial charge < -0.3 is 9.80 Å². The third-order valence-corrected chi connectivity index (χ3v) is 6.89. The van der Waals surface area contributed by atoms with Crippen molar-refractivity contribution < 1.29 is 4.79 Å². The number of anilines is 1. The average Bonchev–Trinajstić information content (AvgIpc) is 3.57. The maximum absolute atomic E-state index is 13.6. The fourth-order valence-corrected chi connectivity index (χ4v) is 5.19. The Kier molecular flexibility index (Phi) is 4.74. The number of tetrazole rings is 1. The van der Waals surface area contributed by atoms with Crippen LogP contribution in [0.15, 0.2) is 30.5 Å². The lowest BCUT2D eigenvalue weighted by atomic mass is 9.99. The minimum atomic E-state index is -0.102. The van der Waals surface area contributed by atoms with Gasteiger partial charge in [0.05, 0.1) is 11.7 Å². The first-order valence-corrected chi connectivity index (χ1v) is 11.7. The Morgan fingerprint density at radius 3 is 2.88 bits per heavy atom. The van der Waals surface area contributed by atoms with Gasteiger partial charge in [-0.25, -0.2) is 9.50 Å². The molecule has 10 nitrogen and oxygen atoms in total. The molecule has 4 aromatic heterocycles. The summed E-state index contributed by atoms with van der Waals surface area (Å²) in [5.41, 5.74) is 3.85. The highest BCUT2D eigenvalue weighted by molar-refractivity contribution is 5.93. The third kappa shape index (κ3) is 3.40. The zero-order chi connectivity index (χ0) is 22.5. The number of carbonyl (C=O) groups excluding carboxylic acids is 1. The predicted molar refractivity (Wildman–Crippen MR) is 122 cm³/mol. The molecule has 1 amide bonds. The molecule has 4 aromatic rings. The molecule has 0 N–H and O–H groups in total. The van der Waals surface area contributed by atoms with Gasteiger partial charge >= 0.3 is 0 Å². The lowest BCUT2D eigenvalue weighted by molar-refractivity contribution is 0.0596. The number of aromatic nitrogens is 7. The fraction of sp³-hybridized carbons (Fsp3) is 0.478. The molecule has 33 heavy (non-hydrogen) atoms. The summed E-state index contributed by atoms with van der Waals surface area (Å²) in [6.45, 7) is 7.14. The van der Waals surface area contributed by atoms with E-state index in [4.69, 9.17) is 10.1 Å². The second kappa shape index (κ2) is 7.79. The highest BCUT2D eigenvalue weighted by Crippen LogP contribution is 2.33. The topological polar surface area (TPSA) is 96.8 Å². The van der Waals surface area contributed by atoms with Gasteiger partial charge in [0.15, 0.2) is 11.3 Å². The summed E-state index contributed by atoms with van der Waals surface area (Å²) in [6.07, 6.45) is 6.15. The monoisotopic (exact) mass is 445 g/mol. The summed E-state index contributed by atoms with van der Waals surface area (Å²) in [5.74, 6) is 1.65. The van der Waals surface area contributed by atoms with Crippen molar-refractivity contribution in [1.29, 1.82) is 0 Å². The minimum Gasteiger partial charge on any atom is -0.356 e. The molecular formula is C23H27N9O. The molecule has 2 fully saturated rings. The molecule has 0 saturated carbocycles. The Morgan fingerprint density at radius 2 is 2.03 bits per heavy atom. The van der Waals surface area contributed by atoms with Crippen molar-refractivity contribution in [3.63, 3.8) is 0 Å². The molecular weight excluding hydrogens is 418 g/mol. The summed E-state index contributed by atoms with van der Waals surface area (Å²) < 4.78 is 3.36. The van der Waals surface area contributed by atoms with E-state index in [1.165, 1.54) is 10.9 Å². The van der Waals surface area contributed by atoms with Crippen molar-refractivity contribution in [2.24, 2.45) is 5.92 Å². The van der Waals surface area contributed by atoms with Crippen LogP contribution >= 0.6 is 0 Å². The van der Waals surface area contributed by atoms with E-state index in [1.807, 2.05) is 21.5 Å². The minimum absolute atomic E-state index is 0.0782. The maximum Gasteiger partial charge on any atom is 0.273 e. The van der Waals surface area contributed by atoms with E-state index in [0.29, 0.717) is 23.8 Å². The molecule has 2 aliphatic heterocycles. The number of carbonyl (C=O) groups is 1. The second-order valence-electron chi connectivity index (χ2n) is 9.33. The number of hydrogen-bond donors (Lipinski definition) is 0. The van der Waals surface area contributed by atoms with Crippen molar-refractivity contribution in [2.45, 2.75) is 45.6 Å². The number of pyridine rings is 1. The zero-order valence-corrected chi connectivity index (χ0v) is 18.9. The summed E-state index contributed by atoms with van der Waals surface area (Å²) in [5, 5.41) is 16.5. The van der Waals surface area contributed by atoms with Gasteiger partial charge in [0, 0.05) is 37.5 Å². The zero-order valence-electron chi connectivity index (χ0n) is 18.9. The average molecular weight is 446 g/mol. The SMILES string of the molecule is Cc1cn2nc([C@@H]3CCCCN3C(=O)c3cccc4nnnn34)cc2nc1N1CC[C@H](C)C1. The van der Waals surface area contributed by atoms with Gasteiger partial charge in [0.2, 0.25) is 0 Å². The lowest BCUT2D eigenvalue weighted by Gasteiger charge is -2.34. The van der Waals surface area contributed by atoms with Crippen molar-refractivity contribution >= 4 is 23.0 Å². The quantitative estimate of drug-likeness (QED) is 0.478. The van der Waals surface area contributed by atoms with Gasteiger partial charge in [0.1, 0.15) is 11.5 Å². The molecule has 0 aromatic carbocycles. The molecule has 6 rings (SSSR count). The van der Waals surface area contributed by atoms with Crippen LogP contribution < -0.4 is 4.90 Å². The Balaban J connectivity index is 1.35. The number of likely N-dealkylation sites (tertiary alicyclic amines) is 1. The van der Waals surface area contributed by atoms with Gasteiger partial charge in [-0.3, -0.25) is 4.79 Å². The number of fused-ring (bicyclic) bond motifs is 2. The third-order valence-electron chi connectivity index (χ3n) is 6.89. The van der Waals surface area contributed by atoms with E-state index in [1.54, 1.807) is 12.1 Å². The van der Waals surface area contributed by atoms with E-state index >= 15 is 0 Å². The van der Waals surface area contributed by atoms with Gasteiger partial charge in [-0.05, 0) is 61.1 Å². The first-order chi connectivity index (χ1) is 16.1. The van der Waals surface area contributed by atoms with Gasteiger partial charge in [0.25, 0.3) is 5.91 Å². The molecule has 6 heterocycles. The number of rotatable bonds is 3. The lowest BCUT2D eigenvalue weighted by Crippen LogP contribution is -2.39. The van der Waals surface area contributed by atoms with Crippen molar-refractivity contribution in [3.8, 4) is 0 Å². The van der Waals surface area contributed by atoms with E-state index in [2.05, 4.69) is 40.5 Å². The summed E-state index contributed by atoms with van der Waals surface area (Å²) >= 11 is 0. The van der Waals surface area contributed by atoms with Gasteiger partial charge in [-0.1, -0.05) is 13.0 Å². The van der Waals surface area contributed by atoms with Crippen LogP contribution in [0.3, 0.4) is 0 Å². The number of hydrogen-bond acceptors (Lipinski definition) is 7. The molecule has 2 saturated heterocycles. The van der Waals surface area contributed by atoms with Crippen LogP contribution in [0.1, 0.15) is 60.4 Å². The summed E-state index contributed by atoms with van der Waals surface area (Å²) in [4.78, 5) is 22.8. The number of amides is 1. The van der Waals surface area contributed by atoms with E-state index in [0.717, 1.165) is 55.1 Å². The molecule has 2 atom stereocenters. The van der Waals surface area contributed by atoms with Crippen LogP contribution in [-0.4, -0.2) is 65.1 Å². The van der Waals surface area contributed by atoms with Crippen LogP contribution in [0.5, 0.6) is 0 Å². The van der Waals surface area contributed by atoms with Crippen molar-refractivity contribution in [1.82, 2.24) is 39.5 Å². The van der Waals surface area contributed by atoms with Crippen molar-refractivity contribution in [3.05, 3.63) is 47.4 Å². The van der Waals surface area contributed by atoms with E-state index in [9.17, 15) is 4.79 Å². The van der Waals surface area contributed by atoms with E-state index in [-0.39, 0.29) is 11.9 Å². The molecule has 10 heteroatoms. The Bertz CT molecular complexity index is 1340. The Hall–Kier alpha value is -3.56. The number of nitrogens with zero attached hydrogens (tertiary/aromatic N) is 9. The van der Waals surface area contributed by atoms with Gasteiger partial charge in [-0.2, -0.15) is 9.61 Å². The molecule has 0 unspecified atom stereocenters. The standard InChI is InChI=1S/C23H27N9O/c1-15-9-11-29(13-15)22-16(2)14-31-21(24-22)12-17(26-31)18-6-3-4-10-30(18)23(33)19-7-5-8-20-25-27-28-32(19)20/h5,7-8,12,14-15,18H,3-4,6,9-11,13H2,1-2H3/t15-,18-/m0/s1. The van der Waals surface area contributed by atoms with Crippen molar-refractivity contribution in [2.75, 3.05) is 24.5 Å². The first kappa shape index (κ1) is 20.1. The largest absolute Gasteiger partial charge is 0.356 e. The summed E-state index contributed by atoms with van der Waals surface area (Å²) in [7, 11) is 0. The highest BCUT2D eigenvalue weighted by atomic mass is 16.2. The predicted octanol–water partition coefficient (Wildman–Crippen LogP) is 2.69. The molecule has 2 aliphatic rings.